The Hall–Kier alpha value is -2.72. The topological polar surface area (TPSA) is 98.8 Å². The number of piperazine rings is 1. The Kier molecular flexibility index (Phi) is 5.13. The first-order valence-electron chi connectivity index (χ1n) is 9.45. The van der Waals surface area contributed by atoms with E-state index < -0.39 is 42.1 Å². The number of nitrogens with one attached hydrogen (secondary N) is 2. The zero-order valence-corrected chi connectivity index (χ0v) is 15.5. The largest absolute Gasteiger partial charge is 0.314 e. The Balaban J connectivity index is 1.63. The van der Waals surface area contributed by atoms with Crippen LogP contribution in [0.4, 0.5) is 8.78 Å². The normalized spacial score (nSPS) is 25.6. The SMILES string of the molecule is O=C1CCC(N2C(=O)c3cccc(CN4CCNCC4C(F)F)c3C2=O)C(=O)N1. The number of hydrogen-bond donors (Lipinski definition) is 2. The van der Waals surface area contributed by atoms with Gasteiger partial charge in [0.1, 0.15) is 6.04 Å². The maximum Gasteiger partial charge on any atom is 0.262 e. The monoisotopic (exact) mass is 406 g/mol. The van der Waals surface area contributed by atoms with Gasteiger partial charge in [-0.25, -0.2) is 8.78 Å². The van der Waals surface area contributed by atoms with Crippen molar-refractivity contribution in [2.75, 3.05) is 19.6 Å². The van der Waals surface area contributed by atoms with Crippen LogP contribution in [0.3, 0.4) is 0 Å². The summed E-state index contributed by atoms with van der Waals surface area (Å²) in [5, 5.41) is 5.09. The van der Waals surface area contributed by atoms with E-state index in [1.807, 2.05) is 0 Å². The number of nitrogens with zero attached hydrogens (tertiary/aromatic N) is 2. The Morgan fingerprint density at radius 2 is 1.93 bits per heavy atom. The first-order chi connectivity index (χ1) is 13.9. The maximum atomic E-state index is 13.4. The second-order valence-electron chi connectivity index (χ2n) is 7.36. The number of benzene rings is 1. The molecule has 0 aromatic heterocycles. The number of halogens is 2. The number of carbonyl (C=O) groups excluding carboxylic acids is 4. The summed E-state index contributed by atoms with van der Waals surface area (Å²) in [4.78, 5) is 52.0. The molecule has 4 amide bonds. The van der Waals surface area contributed by atoms with Crippen molar-refractivity contribution in [1.82, 2.24) is 20.4 Å². The summed E-state index contributed by atoms with van der Waals surface area (Å²) in [6, 6.07) is 2.70. The molecule has 10 heteroatoms. The average molecular weight is 406 g/mol. The molecule has 0 spiro atoms. The van der Waals surface area contributed by atoms with Gasteiger partial charge in [-0.3, -0.25) is 34.3 Å². The molecule has 3 heterocycles. The van der Waals surface area contributed by atoms with Crippen LogP contribution >= 0.6 is 0 Å². The molecule has 29 heavy (non-hydrogen) atoms. The summed E-state index contributed by atoms with van der Waals surface area (Å²) < 4.78 is 26.8. The van der Waals surface area contributed by atoms with Crippen molar-refractivity contribution in [2.24, 2.45) is 0 Å². The van der Waals surface area contributed by atoms with Gasteiger partial charge in [0.05, 0.1) is 17.2 Å². The quantitative estimate of drug-likeness (QED) is 0.690. The van der Waals surface area contributed by atoms with Crippen LogP contribution in [0, 0.1) is 0 Å². The third kappa shape index (κ3) is 3.42. The van der Waals surface area contributed by atoms with E-state index >= 15 is 0 Å². The zero-order chi connectivity index (χ0) is 20.7. The molecule has 2 N–H and O–H groups in total. The van der Waals surface area contributed by atoms with Crippen LogP contribution in [0.5, 0.6) is 0 Å². The van der Waals surface area contributed by atoms with Crippen LogP contribution in [0.25, 0.3) is 0 Å². The standard InChI is InChI=1S/C19H20F2N4O4/c20-16(21)13-8-22-6-7-24(13)9-10-2-1-3-11-15(10)19(29)25(18(11)28)12-4-5-14(26)23-17(12)27/h1-3,12-13,16,22H,4-9H2,(H,23,26,27). The molecule has 2 saturated heterocycles. The number of rotatable bonds is 4. The summed E-state index contributed by atoms with van der Waals surface area (Å²) >= 11 is 0. The third-order valence-electron chi connectivity index (χ3n) is 5.62. The Bertz CT molecular complexity index is 891. The van der Waals surface area contributed by atoms with Crippen molar-refractivity contribution in [3.63, 3.8) is 0 Å². The lowest BCUT2D eigenvalue weighted by atomic mass is 10.0. The predicted molar refractivity (Wildman–Crippen MR) is 96.2 cm³/mol. The minimum Gasteiger partial charge on any atom is -0.314 e. The molecule has 0 radical (unpaired) electrons. The van der Waals surface area contributed by atoms with E-state index in [1.165, 1.54) is 6.07 Å². The van der Waals surface area contributed by atoms with Gasteiger partial charge in [-0.05, 0) is 18.1 Å². The van der Waals surface area contributed by atoms with E-state index in [1.54, 1.807) is 17.0 Å². The number of hydrogen-bond acceptors (Lipinski definition) is 6. The van der Waals surface area contributed by atoms with E-state index in [-0.39, 0.29) is 37.1 Å². The van der Waals surface area contributed by atoms with Gasteiger partial charge in [-0.1, -0.05) is 12.1 Å². The van der Waals surface area contributed by atoms with Crippen molar-refractivity contribution >= 4 is 23.6 Å². The second-order valence-corrected chi connectivity index (χ2v) is 7.36. The summed E-state index contributed by atoms with van der Waals surface area (Å²) in [5.41, 5.74) is 0.776. The summed E-state index contributed by atoms with van der Waals surface area (Å²) in [6.07, 6.45) is -2.44. The van der Waals surface area contributed by atoms with Crippen molar-refractivity contribution in [3.05, 3.63) is 34.9 Å². The predicted octanol–water partition coefficient (Wildman–Crippen LogP) is 0.127. The van der Waals surface area contributed by atoms with Crippen LogP contribution in [-0.2, 0) is 16.1 Å². The van der Waals surface area contributed by atoms with E-state index in [4.69, 9.17) is 0 Å². The van der Waals surface area contributed by atoms with Gasteiger partial charge in [0.25, 0.3) is 18.2 Å². The number of alkyl halides is 2. The molecule has 3 aliphatic rings. The average Bonchev–Trinajstić information content (AvgIpc) is 2.94. The number of piperidine rings is 1. The smallest absolute Gasteiger partial charge is 0.262 e. The molecule has 4 rings (SSSR count). The first-order valence-corrected chi connectivity index (χ1v) is 9.45. The zero-order valence-electron chi connectivity index (χ0n) is 15.5. The Morgan fingerprint density at radius 3 is 2.66 bits per heavy atom. The van der Waals surface area contributed by atoms with Gasteiger partial charge in [-0.2, -0.15) is 0 Å². The van der Waals surface area contributed by atoms with Crippen LogP contribution in [-0.4, -0.2) is 71.6 Å². The Morgan fingerprint density at radius 1 is 1.14 bits per heavy atom. The van der Waals surface area contributed by atoms with Crippen molar-refractivity contribution in [1.29, 1.82) is 0 Å². The highest BCUT2D eigenvalue weighted by atomic mass is 19.3. The highest BCUT2D eigenvalue weighted by molar-refractivity contribution is 6.24. The highest BCUT2D eigenvalue weighted by Gasteiger charge is 2.45. The minimum atomic E-state index is -2.54. The van der Waals surface area contributed by atoms with Crippen LogP contribution in [0.1, 0.15) is 39.1 Å². The third-order valence-corrected chi connectivity index (χ3v) is 5.62. The summed E-state index contributed by atoms with van der Waals surface area (Å²) in [5.74, 6) is -2.36. The van der Waals surface area contributed by atoms with Gasteiger partial charge in [0, 0.05) is 32.6 Å². The van der Waals surface area contributed by atoms with E-state index in [9.17, 15) is 28.0 Å². The molecule has 1 aromatic rings. The van der Waals surface area contributed by atoms with Gasteiger partial charge >= 0.3 is 0 Å². The van der Waals surface area contributed by atoms with Gasteiger partial charge < -0.3 is 5.32 Å². The number of imide groups is 2. The number of carbonyl (C=O) groups is 4. The molecule has 1 aromatic carbocycles. The van der Waals surface area contributed by atoms with Gasteiger partial charge in [0.15, 0.2) is 0 Å². The fourth-order valence-corrected chi connectivity index (χ4v) is 4.15. The molecule has 0 saturated carbocycles. The Labute approximate surface area is 165 Å². The molecule has 2 atom stereocenters. The van der Waals surface area contributed by atoms with Gasteiger partial charge in [0.2, 0.25) is 11.8 Å². The van der Waals surface area contributed by atoms with E-state index in [2.05, 4.69) is 10.6 Å². The lowest BCUT2D eigenvalue weighted by Gasteiger charge is -2.35. The highest BCUT2D eigenvalue weighted by Crippen LogP contribution is 2.31. The van der Waals surface area contributed by atoms with E-state index in [0.717, 1.165) is 4.90 Å². The number of amides is 4. The number of fused-ring (bicyclic) bond motifs is 1. The molecule has 8 nitrogen and oxygen atoms in total. The van der Waals surface area contributed by atoms with Crippen LogP contribution < -0.4 is 10.6 Å². The fourth-order valence-electron chi connectivity index (χ4n) is 4.15. The van der Waals surface area contributed by atoms with Gasteiger partial charge in [-0.15, -0.1) is 0 Å². The maximum absolute atomic E-state index is 13.4. The fraction of sp³-hybridized carbons (Fsp3) is 0.474. The van der Waals surface area contributed by atoms with Crippen molar-refractivity contribution < 1.29 is 28.0 Å². The summed E-state index contributed by atoms with van der Waals surface area (Å²) in [6.45, 7) is 1.18. The lowest BCUT2D eigenvalue weighted by Crippen LogP contribution is -2.54. The summed E-state index contributed by atoms with van der Waals surface area (Å²) in [7, 11) is 0. The molecule has 154 valence electrons. The van der Waals surface area contributed by atoms with E-state index in [0.29, 0.717) is 18.7 Å². The van der Waals surface area contributed by atoms with Crippen molar-refractivity contribution in [3.8, 4) is 0 Å². The molecule has 2 unspecified atom stereocenters. The molecule has 0 bridgehead atoms. The molecule has 2 fully saturated rings. The molecule has 3 aliphatic heterocycles. The molecular weight excluding hydrogens is 386 g/mol. The lowest BCUT2D eigenvalue weighted by molar-refractivity contribution is -0.136. The molecule has 0 aliphatic carbocycles. The van der Waals surface area contributed by atoms with Crippen LogP contribution in [0.2, 0.25) is 0 Å². The second kappa shape index (κ2) is 7.60. The molecular formula is C19H20F2N4O4. The van der Waals surface area contributed by atoms with Crippen molar-refractivity contribution in [2.45, 2.75) is 37.9 Å². The first kappa shape index (κ1) is 19.6. The minimum absolute atomic E-state index is 0.0352. The van der Waals surface area contributed by atoms with Crippen LogP contribution in [0.15, 0.2) is 18.2 Å².